The minimum absolute atomic E-state index is 0.0349. The number of primary amides is 1. The highest BCUT2D eigenvalue weighted by Gasteiger charge is 2.31. The lowest BCUT2D eigenvalue weighted by molar-refractivity contribution is -0.140. The summed E-state index contributed by atoms with van der Waals surface area (Å²) in [6.07, 6.45) is -2.01. The second-order valence-corrected chi connectivity index (χ2v) is 13.9. The van der Waals surface area contributed by atoms with Gasteiger partial charge in [0.2, 0.25) is 39.6 Å². The molecule has 0 aliphatic carbocycles. The molecular formula is C33H44N6O11S. The van der Waals surface area contributed by atoms with E-state index < -0.39 is 108 Å². The van der Waals surface area contributed by atoms with Gasteiger partial charge in [-0.05, 0) is 55.4 Å². The molecule has 0 radical (unpaired) electrons. The zero-order valence-corrected chi connectivity index (χ0v) is 29.2. The lowest BCUT2D eigenvalue weighted by atomic mass is 10.0. The van der Waals surface area contributed by atoms with E-state index in [1.165, 1.54) is 19.1 Å². The summed E-state index contributed by atoms with van der Waals surface area (Å²) in [5, 5.41) is 27.7. The van der Waals surface area contributed by atoms with Crippen LogP contribution in [0.25, 0.3) is 11.1 Å². The van der Waals surface area contributed by atoms with Crippen LogP contribution < -0.4 is 31.7 Å². The van der Waals surface area contributed by atoms with Crippen molar-refractivity contribution in [1.29, 1.82) is 0 Å². The van der Waals surface area contributed by atoms with Crippen molar-refractivity contribution in [3.8, 4) is 11.1 Å². The first-order valence-corrected chi connectivity index (χ1v) is 17.5. The Bertz CT molecular complexity index is 1670. The number of hydrogen-bond acceptors (Lipinski definition) is 9. The molecule has 0 fully saturated rings. The molecule has 0 spiro atoms. The van der Waals surface area contributed by atoms with E-state index in [-0.39, 0.29) is 17.2 Å². The van der Waals surface area contributed by atoms with Crippen molar-refractivity contribution < 1.29 is 52.2 Å². The summed E-state index contributed by atoms with van der Waals surface area (Å²) in [6.45, 7) is 4.00. The van der Waals surface area contributed by atoms with Crippen molar-refractivity contribution in [2.45, 2.75) is 81.9 Å². The van der Waals surface area contributed by atoms with E-state index in [1.807, 2.05) is 30.3 Å². The molecule has 2 aromatic carbocycles. The predicted molar refractivity (Wildman–Crippen MR) is 183 cm³/mol. The molecule has 0 saturated carbocycles. The fourth-order valence-electron chi connectivity index (χ4n) is 4.65. The number of rotatable bonds is 21. The largest absolute Gasteiger partial charge is 0.481 e. The van der Waals surface area contributed by atoms with E-state index >= 15 is 0 Å². The van der Waals surface area contributed by atoms with Gasteiger partial charge in [0.25, 0.3) is 0 Å². The maximum Gasteiger partial charge on any atom is 0.303 e. The molecule has 0 aromatic heterocycles. The van der Waals surface area contributed by atoms with Gasteiger partial charge < -0.3 is 37.2 Å². The van der Waals surface area contributed by atoms with E-state index in [1.54, 1.807) is 26.0 Å². The van der Waals surface area contributed by atoms with E-state index in [0.717, 1.165) is 11.1 Å². The molecule has 5 amide bonds. The molecule has 18 heteroatoms. The lowest BCUT2D eigenvalue weighted by Crippen LogP contribution is -2.58. The fraction of sp³-hybridized carbons (Fsp3) is 0.424. The third-order valence-electron chi connectivity index (χ3n) is 7.40. The Kier molecular flexibility index (Phi) is 16.2. The Morgan fingerprint density at radius 2 is 1.14 bits per heavy atom. The van der Waals surface area contributed by atoms with Gasteiger partial charge in [-0.3, -0.25) is 33.6 Å². The number of carboxylic acid groups (broad SMARTS) is 2. The monoisotopic (exact) mass is 732 g/mol. The topological polar surface area (TPSA) is 280 Å². The number of sulfonamides is 1. The first-order valence-electron chi connectivity index (χ1n) is 16.0. The maximum absolute atomic E-state index is 13.4. The van der Waals surface area contributed by atoms with Gasteiger partial charge in [-0.25, -0.2) is 13.1 Å². The minimum Gasteiger partial charge on any atom is -0.481 e. The Balaban J connectivity index is 2.16. The number of benzene rings is 2. The number of aliphatic carboxylic acids is 2. The average molecular weight is 733 g/mol. The number of nitrogens with two attached hydrogens (primary N) is 1. The molecule has 0 heterocycles. The van der Waals surface area contributed by atoms with Gasteiger partial charge in [-0.2, -0.15) is 0 Å². The molecule has 9 N–H and O–H groups in total. The van der Waals surface area contributed by atoms with Crippen LogP contribution in [0.3, 0.4) is 0 Å². The normalized spacial score (nSPS) is 13.6. The standard InChI is InChI=1S/C33H44N6O11S/c1-19(2)17-26(37-27(40)18-35-51(49,50)23-11-9-22(10-12-23)21-7-5-4-6-8-21)33(48)39-25(14-16-29(43)44)32(47)38-24(13-15-28(41)42)31(46)36-20(3)30(34)45/h4-12,19-20,24-26,35H,13-18H2,1-3H3,(H2,34,45)(H,36,46)(H,37,40)(H,38,47)(H,39,48)(H,41,42)(H,43,44)/t20-,24-,25-,26-/m0/s1. The second-order valence-electron chi connectivity index (χ2n) is 12.1. The van der Waals surface area contributed by atoms with E-state index in [9.17, 15) is 47.1 Å². The van der Waals surface area contributed by atoms with Gasteiger partial charge in [0, 0.05) is 12.8 Å². The number of carbonyl (C=O) groups excluding carboxylic acids is 5. The summed E-state index contributed by atoms with van der Waals surface area (Å²) in [7, 11) is -4.14. The summed E-state index contributed by atoms with van der Waals surface area (Å²) in [5.41, 5.74) is 6.82. The van der Waals surface area contributed by atoms with Gasteiger partial charge in [0.1, 0.15) is 24.2 Å². The van der Waals surface area contributed by atoms with E-state index in [2.05, 4.69) is 26.0 Å². The first-order chi connectivity index (χ1) is 23.9. The molecule has 17 nitrogen and oxygen atoms in total. The van der Waals surface area contributed by atoms with Crippen LogP contribution in [-0.4, -0.2) is 90.8 Å². The molecule has 0 aliphatic rings. The SMILES string of the molecule is CC(C)C[C@H](NC(=O)CNS(=O)(=O)c1ccc(-c2ccccc2)cc1)C(=O)N[C@@H](CCC(=O)O)C(=O)N[C@@H](CCC(=O)O)C(=O)N[C@@H](C)C(N)=O. The molecule has 0 bridgehead atoms. The molecule has 4 atom stereocenters. The highest BCUT2D eigenvalue weighted by molar-refractivity contribution is 7.89. The van der Waals surface area contributed by atoms with Crippen LogP contribution in [0.15, 0.2) is 59.5 Å². The van der Waals surface area contributed by atoms with Crippen LogP contribution in [-0.2, 0) is 43.6 Å². The molecule has 0 unspecified atom stereocenters. The van der Waals surface area contributed by atoms with Crippen LogP contribution in [0.4, 0.5) is 0 Å². The van der Waals surface area contributed by atoms with Crippen LogP contribution in [0.5, 0.6) is 0 Å². The number of carboxylic acids is 2. The minimum atomic E-state index is -4.14. The van der Waals surface area contributed by atoms with Gasteiger partial charge in [-0.15, -0.1) is 0 Å². The molecular weight excluding hydrogens is 688 g/mol. The van der Waals surface area contributed by atoms with E-state index in [4.69, 9.17) is 10.8 Å². The van der Waals surface area contributed by atoms with Crippen molar-refractivity contribution in [3.05, 3.63) is 54.6 Å². The van der Waals surface area contributed by atoms with E-state index in [0.29, 0.717) is 0 Å². The number of nitrogens with one attached hydrogen (secondary N) is 5. The molecule has 278 valence electrons. The quantitative estimate of drug-likeness (QED) is 0.0836. The van der Waals surface area contributed by atoms with Crippen LogP contribution >= 0.6 is 0 Å². The summed E-state index contributed by atoms with van der Waals surface area (Å²) < 4.78 is 28.0. The van der Waals surface area contributed by atoms with Crippen molar-refractivity contribution >= 4 is 51.5 Å². The molecule has 0 aliphatic heterocycles. The summed E-state index contributed by atoms with van der Waals surface area (Å²) >= 11 is 0. The smallest absolute Gasteiger partial charge is 0.303 e. The van der Waals surface area contributed by atoms with Crippen molar-refractivity contribution in [2.75, 3.05) is 6.54 Å². The fourth-order valence-corrected chi connectivity index (χ4v) is 5.63. The summed E-state index contributed by atoms with van der Waals surface area (Å²) in [6, 6.07) is 9.73. The van der Waals surface area contributed by atoms with Gasteiger partial charge >= 0.3 is 11.9 Å². The molecule has 51 heavy (non-hydrogen) atoms. The average Bonchev–Trinajstić information content (AvgIpc) is 3.07. The Morgan fingerprint density at radius 1 is 0.667 bits per heavy atom. The number of hydrogen-bond donors (Lipinski definition) is 8. The summed E-state index contributed by atoms with van der Waals surface area (Å²) in [5.74, 6) is -7.47. The Morgan fingerprint density at radius 3 is 1.61 bits per heavy atom. The molecule has 0 saturated heterocycles. The number of carbonyl (C=O) groups is 7. The predicted octanol–water partition coefficient (Wildman–Crippen LogP) is -0.148. The third kappa shape index (κ3) is 14.6. The number of amides is 5. The highest BCUT2D eigenvalue weighted by Crippen LogP contribution is 2.21. The van der Waals surface area contributed by atoms with Crippen LogP contribution in [0.1, 0.15) is 52.9 Å². The lowest BCUT2D eigenvalue weighted by Gasteiger charge is -2.26. The van der Waals surface area contributed by atoms with Crippen LogP contribution in [0.2, 0.25) is 0 Å². The zero-order chi connectivity index (χ0) is 38.3. The third-order valence-corrected chi connectivity index (χ3v) is 8.82. The highest BCUT2D eigenvalue weighted by atomic mass is 32.2. The summed E-state index contributed by atoms with van der Waals surface area (Å²) in [4.78, 5) is 86.1. The van der Waals surface area contributed by atoms with Gasteiger partial charge in [0.15, 0.2) is 0 Å². The maximum atomic E-state index is 13.4. The van der Waals surface area contributed by atoms with Crippen molar-refractivity contribution in [2.24, 2.45) is 11.7 Å². The second kappa shape index (κ2) is 19.7. The van der Waals surface area contributed by atoms with Crippen molar-refractivity contribution in [3.63, 3.8) is 0 Å². The van der Waals surface area contributed by atoms with Crippen LogP contribution in [0, 0.1) is 5.92 Å². The van der Waals surface area contributed by atoms with Gasteiger partial charge in [0.05, 0.1) is 11.4 Å². The zero-order valence-electron chi connectivity index (χ0n) is 28.4. The molecule has 2 aromatic rings. The first kappa shape index (κ1) is 41.8. The van der Waals surface area contributed by atoms with Crippen molar-refractivity contribution in [1.82, 2.24) is 26.0 Å². The molecule has 2 rings (SSSR count). The Hall–Kier alpha value is -5.36. The Labute approximate surface area is 295 Å². The van der Waals surface area contributed by atoms with Gasteiger partial charge in [-0.1, -0.05) is 56.3 Å².